The van der Waals surface area contributed by atoms with E-state index in [9.17, 15) is 9.59 Å². The van der Waals surface area contributed by atoms with E-state index in [1.165, 1.54) is 0 Å². The van der Waals surface area contributed by atoms with Crippen molar-refractivity contribution in [2.75, 3.05) is 13.2 Å². The number of esters is 2. The fourth-order valence-corrected chi connectivity index (χ4v) is 2.89. The molecule has 3 aromatic rings. The van der Waals surface area contributed by atoms with Crippen LogP contribution in [-0.2, 0) is 9.47 Å². The van der Waals surface area contributed by atoms with E-state index in [4.69, 9.17) is 9.47 Å². The number of ether oxygens (including phenoxy) is 2. The molecular weight excluding hydrogens is 330 g/mol. The molecule has 0 fully saturated rings. The van der Waals surface area contributed by atoms with E-state index in [-0.39, 0.29) is 24.5 Å². The first kappa shape index (κ1) is 17.6. The summed E-state index contributed by atoms with van der Waals surface area (Å²) < 4.78 is 12.2. The molecule has 0 saturated heterocycles. The number of fused-ring (bicyclic) bond motifs is 1. The van der Waals surface area contributed by atoms with Crippen LogP contribution in [0.1, 0.15) is 34.7 Å². The van der Waals surface area contributed by atoms with Crippen LogP contribution in [0.4, 0.5) is 0 Å². The number of nitrogens with zero attached hydrogens (tertiary/aromatic N) is 1. The van der Waals surface area contributed by atoms with Crippen molar-refractivity contribution in [3.63, 3.8) is 0 Å². The van der Waals surface area contributed by atoms with Crippen LogP contribution in [0, 0.1) is 0 Å². The second-order valence-corrected chi connectivity index (χ2v) is 5.59. The van der Waals surface area contributed by atoms with Gasteiger partial charge in [-0.2, -0.15) is 4.57 Å². The monoisotopic (exact) mass is 350 g/mol. The molecule has 0 atom stereocenters. The Kier molecular flexibility index (Phi) is 5.27. The summed E-state index contributed by atoms with van der Waals surface area (Å²) in [5, 5.41) is 1.48. The molecule has 0 aliphatic rings. The summed E-state index contributed by atoms with van der Waals surface area (Å²) in [5.74, 6) is -1.11. The Morgan fingerprint density at radius 2 is 1.46 bits per heavy atom. The maximum atomic E-state index is 12.8. The molecule has 0 aliphatic heterocycles. The van der Waals surface area contributed by atoms with Gasteiger partial charge in [0.15, 0.2) is 6.20 Å². The first-order valence-electron chi connectivity index (χ1n) is 8.54. The van der Waals surface area contributed by atoms with Gasteiger partial charge in [-0.25, -0.2) is 9.59 Å². The molecule has 1 aromatic heterocycles. The van der Waals surface area contributed by atoms with Crippen molar-refractivity contribution in [3.8, 4) is 5.69 Å². The molecule has 132 valence electrons. The molecule has 5 nitrogen and oxygen atoms in total. The Morgan fingerprint density at radius 1 is 0.846 bits per heavy atom. The minimum atomic E-state index is -0.565. The highest BCUT2D eigenvalue weighted by Gasteiger charge is 2.34. The lowest BCUT2D eigenvalue weighted by atomic mass is 10.0. The Labute approximate surface area is 151 Å². The van der Waals surface area contributed by atoms with Crippen molar-refractivity contribution in [1.29, 1.82) is 0 Å². The van der Waals surface area contributed by atoms with E-state index in [0.29, 0.717) is 5.39 Å². The van der Waals surface area contributed by atoms with Crippen molar-refractivity contribution in [3.05, 3.63) is 72.1 Å². The number of hydrogen-bond acceptors (Lipinski definition) is 4. The third-order valence-corrected chi connectivity index (χ3v) is 3.96. The largest absolute Gasteiger partial charge is 0.462 e. The Bertz CT molecular complexity index is 951. The van der Waals surface area contributed by atoms with Crippen LogP contribution >= 0.6 is 0 Å². The van der Waals surface area contributed by atoms with Gasteiger partial charge in [0.05, 0.1) is 13.2 Å². The van der Waals surface area contributed by atoms with Crippen LogP contribution in [0.3, 0.4) is 0 Å². The second-order valence-electron chi connectivity index (χ2n) is 5.59. The molecule has 0 N–H and O–H groups in total. The molecule has 0 spiro atoms. The minimum absolute atomic E-state index is 0.162. The molecule has 0 saturated carbocycles. The molecule has 1 heterocycles. The van der Waals surface area contributed by atoms with E-state index >= 15 is 0 Å². The molecule has 2 aromatic carbocycles. The van der Waals surface area contributed by atoms with E-state index in [1.807, 2.05) is 54.7 Å². The highest BCUT2D eigenvalue weighted by atomic mass is 16.5. The SMILES string of the molecule is CCOC(=O)c1c(C(=O)OCC)[n+](-c2ccccc2)cc2ccccc12. The molecule has 0 radical (unpaired) electrons. The van der Waals surface area contributed by atoms with Crippen LogP contribution in [0.5, 0.6) is 0 Å². The molecule has 5 heteroatoms. The number of benzene rings is 2. The average Bonchev–Trinajstić information content (AvgIpc) is 2.67. The number of rotatable bonds is 5. The summed E-state index contributed by atoms with van der Waals surface area (Å²) in [6.45, 7) is 3.90. The standard InChI is InChI=1S/C21H20NO4/c1-3-25-20(23)18-17-13-9-8-10-15(17)14-22(16-11-6-5-7-12-16)19(18)21(24)26-4-2/h5-14H,3-4H2,1-2H3/q+1. The van der Waals surface area contributed by atoms with Crippen LogP contribution in [0.25, 0.3) is 16.5 Å². The first-order valence-corrected chi connectivity index (χ1v) is 8.54. The first-order chi connectivity index (χ1) is 12.7. The number of carbonyl (C=O) groups excluding carboxylic acids is 2. The maximum Gasteiger partial charge on any atom is 0.405 e. The summed E-state index contributed by atoms with van der Waals surface area (Å²) in [7, 11) is 0. The fourth-order valence-electron chi connectivity index (χ4n) is 2.89. The predicted octanol–water partition coefficient (Wildman–Crippen LogP) is 3.47. The summed E-state index contributed by atoms with van der Waals surface area (Å²) in [4.78, 5) is 25.5. The van der Waals surface area contributed by atoms with Gasteiger partial charge in [0, 0.05) is 22.9 Å². The molecule has 3 rings (SSSR count). The lowest BCUT2D eigenvalue weighted by Crippen LogP contribution is -2.41. The Balaban J connectivity index is 2.40. The number of aromatic nitrogens is 1. The van der Waals surface area contributed by atoms with Crippen molar-refractivity contribution in [2.45, 2.75) is 13.8 Å². The summed E-state index contributed by atoms with van der Waals surface area (Å²) >= 11 is 0. The van der Waals surface area contributed by atoms with Crippen molar-refractivity contribution in [2.24, 2.45) is 0 Å². The van der Waals surface area contributed by atoms with E-state index < -0.39 is 11.9 Å². The van der Waals surface area contributed by atoms with Crippen LogP contribution in [0.2, 0.25) is 0 Å². The minimum Gasteiger partial charge on any atom is -0.462 e. The van der Waals surface area contributed by atoms with E-state index in [0.717, 1.165) is 11.1 Å². The zero-order valence-corrected chi connectivity index (χ0v) is 14.8. The van der Waals surface area contributed by atoms with Gasteiger partial charge in [-0.3, -0.25) is 0 Å². The second kappa shape index (κ2) is 7.78. The smallest absolute Gasteiger partial charge is 0.405 e. The van der Waals surface area contributed by atoms with Gasteiger partial charge in [0.1, 0.15) is 5.56 Å². The van der Waals surface area contributed by atoms with Gasteiger partial charge in [0.2, 0.25) is 5.69 Å². The number of carbonyl (C=O) groups is 2. The van der Waals surface area contributed by atoms with Crippen LogP contribution in [0.15, 0.2) is 60.8 Å². The zero-order chi connectivity index (χ0) is 18.5. The lowest BCUT2D eigenvalue weighted by molar-refractivity contribution is -0.597. The molecule has 0 aliphatic carbocycles. The maximum absolute atomic E-state index is 12.8. The quantitative estimate of drug-likeness (QED) is 0.522. The molecule has 0 unspecified atom stereocenters. The average molecular weight is 350 g/mol. The van der Waals surface area contributed by atoms with E-state index in [1.54, 1.807) is 24.5 Å². The molecule has 0 amide bonds. The lowest BCUT2D eigenvalue weighted by Gasteiger charge is -2.11. The number of para-hydroxylation sites is 1. The van der Waals surface area contributed by atoms with Gasteiger partial charge < -0.3 is 9.47 Å². The van der Waals surface area contributed by atoms with Crippen LogP contribution in [-0.4, -0.2) is 25.2 Å². The highest BCUT2D eigenvalue weighted by molar-refractivity contribution is 6.10. The van der Waals surface area contributed by atoms with Crippen molar-refractivity contribution < 1.29 is 23.6 Å². The zero-order valence-electron chi connectivity index (χ0n) is 14.8. The topological polar surface area (TPSA) is 56.5 Å². The van der Waals surface area contributed by atoms with Crippen LogP contribution < -0.4 is 4.57 Å². The Morgan fingerprint density at radius 3 is 2.15 bits per heavy atom. The molecular formula is C21H20NO4+. The summed E-state index contributed by atoms with van der Waals surface area (Å²) in [6, 6.07) is 16.8. The van der Waals surface area contributed by atoms with Gasteiger partial charge in [-0.1, -0.05) is 36.4 Å². The van der Waals surface area contributed by atoms with Crippen molar-refractivity contribution in [1.82, 2.24) is 0 Å². The molecule has 0 bridgehead atoms. The molecule has 26 heavy (non-hydrogen) atoms. The summed E-state index contributed by atoms with van der Waals surface area (Å²) in [6.07, 6.45) is 1.83. The third kappa shape index (κ3) is 3.28. The van der Waals surface area contributed by atoms with Gasteiger partial charge in [0.25, 0.3) is 0 Å². The highest BCUT2D eigenvalue weighted by Crippen LogP contribution is 2.23. The number of pyridine rings is 1. The summed E-state index contributed by atoms with van der Waals surface area (Å²) in [5.41, 5.74) is 1.13. The normalized spacial score (nSPS) is 10.5. The van der Waals surface area contributed by atoms with E-state index in [2.05, 4.69) is 0 Å². The van der Waals surface area contributed by atoms with Gasteiger partial charge in [-0.05, 0) is 19.9 Å². The third-order valence-electron chi connectivity index (χ3n) is 3.96. The predicted molar refractivity (Wildman–Crippen MR) is 97.4 cm³/mol. The van der Waals surface area contributed by atoms with Crippen molar-refractivity contribution >= 4 is 22.7 Å². The van der Waals surface area contributed by atoms with Gasteiger partial charge >= 0.3 is 17.6 Å². The number of hydrogen-bond donors (Lipinski definition) is 0. The Hall–Kier alpha value is -3.21. The van der Waals surface area contributed by atoms with Gasteiger partial charge in [-0.15, -0.1) is 0 Å². The fraction of sp³-hybridized carbons (Fsp3) is 0.190.